The lowest BCUT2D eigenvalue weighted by Crippen LogP contribution is -2.41. The van der Waals surface area contributed by atoms with Crippen molar-refractivity contribution in [2.75, 3.05) is 7.05 Å². The van der Waals surface area contributed by atoms with Gasteiger partial charge in [0.2, 0.25) is 0 Å². The second-order valence-electron chi connectivity index (χ2n) is 5.90. The minimum absolute atomic E-state index is 0.174. The minimum Gasteiger partial charge on any atom is -0.399 e. The van der Waals surface area contributed by atoms with Gasteiger partial charge in [-0.3, -0.25) is 4.79 Å². The molecule has 1 aromatic rings. The van der Waals surface area contributed by atoms with Crippen molar-refractivity contribution in [1.82, 2.24) is 5.32 Å². The van der Waals surface area contributed by atoms with E-state index in [1.165, 1.54) is 0 Å². The third-order valence-electron chi connectivity index (χ3n) is 4.00. The average molecular weight is 296 g/mol. The van der Waals surface area contributed by atoms with E-state index in [1.807, 2.05) is 27.7 Å². The summed E-state index contributed by atoms with van der Waals surface area (Å²) in [6.07, 6.45) is 0. The van der Waals surface area contributed by atoms with Crippen molar-refractivity contribution in [2.45, 2.75) is 38.9 Å². The predicted molar refractivity (Wildman–Crippen MR) is 80.6 cm³/mol. The van der Waals surface area contributed by atoms with E-state index in [0.29, 0.717) is 10.6 Å². The van der Waals surface area contributed by atoms with E-state index in [0.717, 1.165) is 5.46 Å². The van der Waals surface area contributed by atoms with Crippen molar-refractivity contribution in [1.29, 1.82) is 0 Å². The van der Waals surface area contributed by atoms with Gasteiger partial charge in [0.1, 0.15) is 0 Å². The zero-order valence-electron chi connectivity index (χ0n) is 12.4. The average Bonchev–Trinajstić information content (AvgIpc) is 2.57. The van der Waals surface area contributed by atoms with Crippen LogP contribution in [-0.2, 0) is 9.31 Å². The van der Waals surface area contributed by atoms with E-state index in [9.17, 15) is 4.79 Å². The summed E-state index contributed by atoms with van der Waals surface area (Å²) < 4.78 is 11.9. The van der Waals surface area contributed by atoms with Crippen LogP contribution < -0.4 is 10.8 Å². The van der Waals surface area contributed by atoms with Crippen molar-refractivity contribution in [3.8, 4) is 0 Å². The van der Waals surface area contributed by atoms with Gasteiger partial charge in [0, 0.05) is 23.1 Å². The molecule has 1 aliphatic rings. The van der Waals surface area contributed by atoms with Crippen molar-refractivity contribution in [3.63, 3.8) is 0 Å². The van der Waals surface area contributed by atoms with Crippen LogP contribution in [0.3, 0.4) is 0 Å². The summed E-state index contributed by atoms with van der Waals surface area (Å²) in [5.41, 5.74) is 0.414. The molecule has 0 aliphatic carbocycles. The summed E-state index contributed by atoms with van der Waals surface area (Å²) >= 11 is 6.26. The van der Waals surface area contributed by atoms with Gasteiger partial charge in [-0.05, 0) is 39.8 Å². The largest absolute Gasteiger partial charge is 0.496 e. The topological polar surface area (TPSA) is 47.6 Å². The first kappa shape index (κ1) is 15.4. The summed E-state index contributed by atoms with van der Waals surface area (Å²) in [7, 11) is 1.06. The van der Waals surface area contributed by atoms with Crippen molar-refractivity contribution >= 4 is 30.1 Å². The number of benzene rings is 1. The number of nitrogens with one attached hydrogen (secondary N) is 1. The maximum Gasteiger partial charge on any atom is 0.496 e. The predicted octanol–water partition coefficient (Wildman–Crippen LogP) is 2.00. The molecular weight excluding hydrogens is 276 g/mol. The molecule has 0 unspecified atom stereocenters. The Bertz CT molecular complexity index is 529. The number of halogens is 1. The van der Waals surface area contributed by atoms with Gasteiger partial charge in [0.05, 0.1) is 11.2 Å². The zero-order chi connectivity index (χ0) is 15.1. The molecular formula is C14H19BClNO3. The van der Waals surface area contributed by atoms with Crippen molar-refractivity contribution in [3.05, 3.63) is 28.8 Å². The molecule has 2 rings (SSSR count). The molecule has 1 aromatic carbocycles. The van der Waals surface area contributed by atoms with Crippen LogP contribution in [0.15, 0.2) is 18.2 Å². The second-order valence-corrected chi connectivity index (χ2v) is 6.31. The SMILES string of the molecule is CNC(=O)c1ccc(B2OC(C)(C)C(C)(C)O2)c(Cl)c1. The molecule has 20 heavy (non-hydrogen) atoms. The summed E-state index contributed by atoms with van der Waals surface area (Å²) in [5, 5.41) is 3.03. The van der Waals surface area contributed by atoms with Gasteiger partial charge < -0.3 is 14.6 Å². The Kier molecular flexibility index (Phi) is 3.89. The lowest BCUT2D eigenvalue weighted by atomic mass is 9.78. The van der Waals surface area contributed by atoms with Gasteiger partial charge in [-0.15, -0.1) is 0 Å². The number of amides is 1. The molecule has 6 heteroatoms. The van der Waals surface area contributed by atoms with E-state index in [4.69, 9.17) is 20.9 Å². The molecule has 0 aromatic heterocycles. The van der Waals surface area contributed by atoms with E-state index in [2.05, 4.69) is 5.32 Å². The first-order valence-corrected chi connectivity index (χ1v) is 6.93. The molecule has 108 valence electrons. The quantitative estimate of drug-likeness (QED) is 0.849. The first-order chi connectivity index (χ1) is 9.18. The summed E-state index contributed by atoms with van der Waals surface area (Å²) in [5.74, 6) is -0.174. The smallest absolute Gasteiger partial charge is 0.399 e. The van der Waals surface area contributed by atoms with E-state index in [-0.39, 0.29) is 5.91 Å². The van der Waals surface area contributed by atoms with Crippen LogP contribution in [0.25, 0.3) is 0 Å². The lowest BCUT2D eigenvalue weighted by molar-refractivity contribution is 0.00578. The molecule has 1 amide bonds. The highest BCUT2D eigenvalue weighted by atomic mass is 35.5. The van der Waals surface area contributed by atoms with Crippen LogP contribution >= 0.6 is 11.6 Å². The maximum atomic E-state index is 11.6. The molecule has 0 bridgehead atoms. The molecule has 0 atom stereocenters. The molecule has 1 fully saturated rings. The van der Waals surface area contributed by atoms with Crippen LogP contribution in [0.1, 0.15) is 38.1 Å². The standard InChI is InChI=1S/C14H19BClNO3/c1-13(2)14(3,4)20-15(19-13)10-7-6-9(8-11(10)16)12(18)17-5/h6-8H,1-5H3,(H,17,18). The summed E-state index contributed by atoms with van der Waals surface area (Å²) in [6.45, 7) is 7.94. The Morgan fingerprint density at radius 2 is 1.75 bits per heavy atom. The van der Waals surface area contributed by atoms with Gasteiger partial charge in [-0.25, -0.2) is 0 Å². The fraction of sp³-hybridized carbons (Fsp3) is 0.500. The molecule has 0 saturated carbocycles. The Balaban J connectivity index is 2.30. The van der Waals surface area contributed by atoms with Crippen molar-refractivity contribution in [2.24, 2.45) is 0 Å². The van der Waals surface area contributed by atoms with Gasteiger partial charge in [0.25, 0.3) is 5.91 Å². The lowest BCUT2D eigenvalue weighted by Gasteiger charge is -2.32. The second kappa shape index (κ2) is 5.06. The monoisotopic (exact) mass is 295 g/mol. The third kappa shape index (κ3) is 2.58. The third-order valence-corrected chi connectivity index (χ3v) is 4.32. The Morgan fingerprint density at radius 3 is 2.20 bits per heavy atom. The van der Waals surface area contributed by atoms with Crippen LogP contribution in [0, 0.1) is 0 Å². The summed E-state index contributed by atoms with van der Waals surface area (Å²) in [6, 6.07) is 5.11. The molecule has 0 spiro atoms. The fourth-order valence-electron chi connectivity index (χ4n) is 1.97. The number of carbonyl (C=O) groups excluding carboxylic acids is 1. The highest BCUT2D eigenvalue weighted by molar-refractivity contribution is 6.65. The molecule has 1 aliphatic heterocycles. The fourth-order valence-corrected chi connectivity index (χ4v) is 2.24. The van der Waals surface area contributed by atoms with Gasteiger partial charge in [0.15, 0.2) is 0 Å². The Hall–Kier alpha value is -1.04. The first-order valence-electron chi connectivity index (χ1n) is 6.55. The molecule has 1 N–H and O–H groups in total. The van der Waals surface area contributed by atoms with Gasteiger partial charge >= 0.3 is 7.12 Å². The maximum absolute atomic E-state index is 11.6. The van der Waals surface area contributed by atoms with Crippen molar-refractivity contribution < 1.29 is 14.1 Å². The summed E-state index contributed by atoms with van der Waals surface area (Å²) in [4.78, 5) is 11.6. The van der Waals surface area contributed by atoms with E-state index < -0.39 is 18.3 Å². The number of hydrogen-bond acceptors (Lipinski definition) is 3. The minimum atomic E-state index is -0.522. The Labute approximate surface area is 124 Å². The zero-order valence-corrected chi connectivity index (χ0v) is 13.2. The van der Waals surface area contributed by atoms with Crippen LogP contribution in [-0.4, -0.2) is 31.3 Å². The van der Waals surface area contributed by atoms with Gasteiger partial charge in [-0.1, -0.05) is 17.7 Å². The van der Waals surface area contributed by atoms with Crippen LogP contribution in [0.5, 0.6) is 0 Å². The highest BCUT2D eigenvalue weighted by Gasteiger charge is 2.52. The molecule has 4 nitrogen and oxygen atoms in total. The normalized spacial score (nSPS) is 20.0. The number of rotatable bonds is 2. The van der Waals surface area contributed by atoms with E-state index in [1.54, 1.807) is 25.2 Å². The van der Waals surface area contributed by atoms with E-state index >= 15 is 0 Å². The van der Waals surface area contributed by atoms with Gasteiger partial charge in [-0.2, -0.15) is 0 Å². The Morgan fingerprint density at radius 1 is 1.20 bits per heavy atom. The highest BCUT2D eigenvalue weighted by Crippen LogP contribution is 2.37. The number of hydrogen-bond donors (Lipinski definition) is 1. The molecule has 1 saturated heterocycles. The molecule has 1 heterocycles. The molecule has 0 radical (unpaired) electrons. The van der Waals surface area contributed by atoms with Crippen LogP contribution in [0.2, 0.25) is 5.02 Å². The van der Waals surface area contributed by atoms with Crippen LogP contribution in [0.4, 0.5) is 0 Å². The number of carbonyl (C=O) groups is 1.